The lowest BCUT2D eigenvalue weighted by atomic mass is 10.2. The van der Waals surface area contributed by atoms with Gasteiger partial charge in [-0.1, -0.05) is 19.8 Å². The molecule has 0 saturated heterocycles. The summed E-state index contributed by atoms with van der Waals surface area (Å²) in [7, 11) is 0. The molecule has 0 aromatic heterocycles. The molecule has 0 aliphatic rings. The Balaban J connectivity index is 2.37. The molecule has 22 heavy (non-hydrogen) atoms. The lowest BCUT2D eigenvalue weighted by Crippen LogP contribution is -2.32. The Morgan fingerprint density at radius 2 is 1.68 bits per heavy atom. The van der Waals surface area contributed by atoms with Crippen molar-refractivity contribution < 1.29 is 22.8 Å². The highest BCUT2D eigenvalue weighted by Crippen LogP contribution is 2.29. The fourth-order valence-electron chi connectivity index (χ4n) is 1.75. The molecule has 2 amide bonds. The third-order valence-corrected chi connectivity index (χ3v) is 2.95. The van der Waals surface area contributed by atoms with Gasteiger partial charge >= 0.3 is 6.18 Å². The summed E-state index contributed by atoms with van der Waals surface area (Å²) in [6.45, 7) is 1.82. The van der Waals surface area contributed by atoms with Crippen LogP contribution < -0.4 is 10.6 Å². The quantitative estimate of drug-likeness (QED) is 0.758. The molecule has 1 aromatic rings. The average Bonchev–Trinajstić information content (AvgIpc) is 2.45. The summed E-state index contributed by atoms with van der Waals surface area (Å²) >= 11 is 0. The number of amides is 2. The summed E-state index contributed by atoms with van der Waals surface area (Å²) in [6.07, 6.45) is -1.33. The Hall–Kier alpha value is -2.05. The molecule has 0 heterocycles. The van der Waals surface area contributed by atoms with E-state index in [1.54, 1.807) is 0 Å². The maximum Gasteiger partial charge on any atom is 0.416 e. The molecule has 7 heteroatoms. The summed E-state index contributed by atoms with van der Waals surface area (Å²) in [5.41, 5.74) is -0.534. The van der Waals surface area contributed by atoms with Gasteiger partial charge < -0.3 is 10.6 Å². The number of hydrogen-bond acceptors (Lipinski definition) is 2. The van der Waals surface area contributed by atoms with E-state index in [1.807, 2.05) is 6.92 Å². The number of hydrogen-bond donors (Lipinski definition) is 2. The molecule has 122 valence electrons. The van der Waals surface area contributed by atoms with Crippen molar-refractivity contribution in [2.75, 3.05) is 11.9 Å². The summed E-state index contributed by atoms with van der Waals surface area (Å²) < 4.78 is 37.2. The van der Waals surface area contributed by atoms with Crippen molar-refractivity contribution in [2.24, 2.45) is 0 Å². The number of unbranched alkanes of at least 4 members (excludes halogenated alkanes) is 2. The number of halogens is 3. The maximum absolute atomic E-state index is 12.4. The zero-order valence-electron chi connectivity index (χ0n) is 12.3. The van der Waals surface area contributed by atoms with Gasteiger partial charge in [0, 0.05) is 12.1 Å². The summed E-state index contributed by atoms with van der Waals surface area (Å²) in [6, 6.07) is 4.12. The Morgan fingerprint density at radius 1 is 1.05 bits per heavy atom. The van der Waals surface area contributed by atoms with E-state index < -0.39 is 17.6 Å². The predicted molar refractivity (Wildman–Crippen MR) is 77.2 cm³/mol. The van der Waals surface area contributed by atoms with Crippen molar-refractivity contribution >= 4 is 17.5 Å². The van der Waals surface area contributed by atoms with Crippen molar-refractivity contribution in [1.29, 1.82) is 0 Å². The maximum atomic E-state index is 12.4. The molecule has 1 aromatic carbocycles. The number of carbonyl (C=O) groups is 2. The first-order valence-corrected chi connectivity index (χ1v) is 7.06. The van der Waals surface area contributed by atoms with E-state index in [1.165, 1.54) is 12.1 Å². The van der Waals surface area contributed by atoms with Gasteiger partial charge in [-0.15, -0.1) is 0 Å². The topological polar surface area (TPSA) is 58.2 Å². The highest BCUT2D eigenvalue weighted by molar-refractivity contribution is 5.94. The molecule has 0 fully saturated rings. The Bertz CT molecular complexity index is 499. The van der Waals surface area contributed by atoms with Gasteiger partial charge in [-0.2, -0.15) is 13.2 Å². The largest absolute Gasteiger partial charge is 0.416 e. The number of rotatable bonds is 7. The molecule has 0 unspecified atom stereocenters. The van der Waals surface area contributed by atoms with Crippen molar-refractivity contribution in [3.05, 3.63) is 29.8 Å². The van der Waals surface area contributed by atoms with Crippen LogP contribution in [0.4, 0.5) is 18.9 Å². The second-order valence-electron chi connectivity index (χ2n) is 4.86. The van der Waals surface area contributed by atoms with E-state index in [-0.39, 0.29) is 18.1 Å². The summed E-state index contributed by atoms with van der Waals surface area (Å²) in [5, 5.41) is 4.89. The normalized spacial score (nSPS) is 11.1. The van der Waals surface area contributed by atoms with Gasteiger partial charge in [-0.05, 0) is 30.7 Å². The van der Waals surface area contributed by atoms with E-state index in [0.29, 0.717) is 6.42 Å². The zero-order valence-corrected chi connectivity index (χ0v) is 12.3. The highest BCUT2D eigenvalue weighted by atomic mass is 19.4. The molecular weight excluding hydrogens is 297 g/mol. The minimum absolute atomic E-state index is 0.202. The van der Waals surface area contributed by atoms with Crippen molar-refractivity contribution in [1.82, 2.24) is 5.32 Å². The van der Waals surface area contributed by atoms with Crippen LogP contribution in [0, 0.1) is 0 Å². The number of anilines is 1. The van der Waals surface area contributed by atoms with E-state index in [2.05, 4.69) is 10.6 Å². The van der Waals surface area contributed by atoms with Crippen LogP contribution in [0.5, 0.6) is 0 Å². The molecule has 0 atom stereocenters. The lowest BCUT2D eigenvalue weighted by Gasteiger charge is -2.09. The molecule has 4 nitrogen and oxygen atoms in total. The third kappa shape index (κ3) is 6.60. The van der Waals surface area contributed by atoms with Crippen molar-refractivity contribution in [3.63, 3.8) is 0 Å². The first kappa shape index (κ1) is 18.0. The first-order chi connectivity index (χ1) is 10.3. The molecule has 0 aliphatic heterocycles. The monoisotopic (exact) mass is 316 g/mol. The highest BCUT2D eigenvalue weighted by Gasteiger charge is 2.29. The molecule has 0 radical (unpaired) electrons. The molecule has 1 rings (SSSR count). The van der Waals surface area contributed by atoms with E-state index >= 15 is 0 Å². The van der Waals surface area contributed by atoms with Crippen LogP contribution in [0.15, 0.2) is 24.3 Å². The molecule has 2 N–H and O–H groups in total. The van der Waals surface area contributed by atoms with E-state index in [9.17, 15) is 22.8 Å². The minimum atomic E-state index is -4.41. The molecule has 0 saturated carbocycles. The Labute approximate surface area is 127 Å². The van der Waals surface area contributed by atoms with E-state index in [0.717, 1.165) is 31.4 Å². The van der Waals surface area contributed by atoms with Gasteiger partial charge in [-0.3, -0.25) is 9.59 Å². The van der Waals surface area contributed by atoms with Crippen molar-refractivity contribution in [3.8, 4) is 0 Å². The standard InChI is InChI=1S/C15H19F3N2O2/c1-2-3-4-5-13(21)19-10-14(22)20-12-8-6-11(7-9-12)15(16,17)18/h6-9H,2-5,10H2,1H3,(H,19,21)(H,20,22). The second kappa shape index (κ2) is 8.41. The zero-order chi connectivity index (χ0) is 16.6. The fraction of sp³-hybridized carbons (Fsp3) is 0.467. The van der Waals surface area contributed by atoms with Crippen LogP contribution in [0.1, 0.15) is 38.2 Å². The van der Waals surface area contributed by atoms with Gasteiger partial charge in [0.1, 0.15) is 0 Å². The van der Waals surface area contributed by atoms with Crippen LogP contribution >= 0.6 is 0 Å². The minimum Gasteiger partial charge on any atom is -0.347 e. The van der Waals surface area contributed by atoms with Gasteiger partial charge in [0.2, 0.25) is 11.8 Å². The van der Waals surface area contributed by atoms with Crippen LogP contribution in [0.2, 0.25) is 0 Å². The predicted octanol–water partition coefficient (Wildman–Crippen LogP) is 3.34. The Kier molecular flexibility index (Phi) is 6.88. The lowest BCUT2D eigenvalue weighted by molar-refractivity contribution is -0.137. The summed E-state index contributed by atoms with van der Waals surface area (Å²) in [5.74, 6) is -0.695. The van der Waals surface area contributed by atoms with Gasteiger partial charge in [-0.25, -0.2) is 0 Å². The second-order valence-corrected chi connectivity index (χ2v) is 4.86. The number of benzene rings is 1. The average molecular weight is 316 g/mol. The number of nitrogens with one attached hydrogen (secondary N) is 2. The SMILES string of the molecule is CCCCCC(=O)NCC(=O)Nc1ccc(C(F)(F)F)cc1. The Morgan fingerprint density at radius 3 is 2.23 bits per heavy atom. The van der Waals surface area contributed by atoms with Crippen molar-refractivity contribution in [2.45, 2.75) is 38.8 Å². The van der Waals surface area contributed by atoms with Gasteiger partial charge in [0.15, 0.2) is 0 Å². The van der Waals surface area contributed by atoms with E-state index in [4.69, 9.17) is 0 Å². The van der Waals surface area contributed by atoms with Crippen LogP contribution in [-0.4, -0.2) is 18.4 Å². The first-order valence-electron chi connectivity index (χ1n) is 7.06. The molecule has 0 bridgehead atoms. The summed E-state index contributed by atoms with van der Waals surface area (Å²) in [4.78, 5) is 23.0. The third-order valence-electron chi connectivity index (χ3n) is 2.95. The number of alkyl halides is 3. The number of carbonyl (C=O) groups excluding carboxylic acids is 2. The molecule has 0 aliphatic carbocycles. The van der Waals surface area contributed by atoms with Crippen LogP contribution in [-0.2, 0) is 15.8 Å². The van der Waals surface area contributed by atoms with Gasteiger partial charge in [0.05, 0.1) is 12.1 Å². The molecular formula is C15H19F3N2O2. The van der Waals surface area contributed by atoms with Gasteiger partial charge in [0.25, 0.3) is 0 Å². The van der Waals surface area contributed by atoms with Crippen LogP contribution in [0.3, 0.4) is 0 Å². The fourth-order valence-corrected chi connectivity index (χ4v) is 1.75. The smallest absolute Gasteiger partial charge is 0.347 e. The van der Waals surface area contributed by atoms with Crippen LogP contribution in [0.25, 0.3) is 0 Å². The molecule has 0 spiro atoms.